The molecule has 6 rings (SSSR count). The van der Waals surface area contributed by atoms with E-state index in [1.807, 2.05) is 12.1 Å². The fourth-order valence-corrected chi connectivity index (χ4v) is 7.94. The van der Waals surface area contributed by atoms with Gasteiger partial charge >= 0.3 is 0 Å². The fraction of sp³-hybridized carbons (Fsp3) is 0.303. The highest BCUT2D eigenvalue weighted by Crippen LogP contribution is 2.38. The predicted molar refractivity (Wildman–Crippen MR) is 172 cm³/mol. The molecule has 1 aliphatic rings. The third-order valence-corrected chi connectivity index (χ3v) is 10.4. The van der Waals surface area contributed by atoms with Crippen LogP contribution in [0.25, 0.3) is 21.0 Å². The first kappa shape index (κ1) is 30.1. The van der Waals surface area contributed by atoms with Crippen molar-refractivity contribution in [2.45, 2.75) is 31.1 Å². The van der Waals surface area contributed by atoms with Crippen LogP contribution in [0.3, 0.4) is 0 Å². The van der Waals surface area contributed by atoms with Crippen LogP contribution in [0.15, 0.2) is 77.1 Å². The number of hydrogen-bond donors (Lipinski definition) is 1. The minimum atomic E-state index is -3.93. The summed E-state index contributed by atoms with van der Waals surface area (Å²) in [7, 11) is -2.36. The molecule has 1 saturated heterocycles. The number of pyridine rings is 1. The molecule has 3 heterocycles. The molecule has 8 nitrogen and oxygen atoms in total. The van der Waals surface area contributed by atoms with Gasteiger partial charge in [0.05, 0.1) is 24.9 Å². The summed E-state index contributed by atoms with van der Waals surface area (Å²) >= 11 is 1.34. The van der Waals surface area contributed by atoms with E-state index >= 15 is 4.39 Å². The van der Waals surface area contributed by atoms with E-state index in [2.05, 4.69) is 21.5 Å². The van der Waals surface area contributed by atoms with Crippen molar-refractivity contribution in [3.05, 3.63) is 78.1 Å². The van der Waals surface area contributed by atoms with Crippen molar-refractivity contribution in [1.82, 2.24) is 9.88 Å². The minimum Gasteiger partial charge on any atom is -0.493 e. The van der Waals surface area contributed by atoms with Crippen molar-refractivity contribution < 1.29 is 27.0 Å². The molecule has 0 saturated carbocycles. The summed E-state index contributed by atoms with van der Waals surface area (Å²) in [6.07, 6.45) is 4.98. The van der Waals surface area contributed by atoms with Crippen LogP contribution in [0.2, 0.25) is 0 Å². The highest BCUT2D eigenvalue weighted by Gasteiger charge is 2.21. The number of rotatable bonds is 11. The number of methoxy groups -OCH3 is 1. The van der Waals surface area contributed by atoms with Crippen molar-refractivity contribution in [3.63, 3.8) is 0 Å². The van der Waals surface area contributed by atoms with Crippen LogP contribution < -0.4 is 18.9 Å². The van der Waals surface area contributed by atoms with E-state index in [0.717, 1.165) is 42.7 Å². The Morgan fingerprint density at radius 2 is 1.82 bits per heavy atom. The molecule has 0 spiro atoms. The van der Waals surface area contributed by atoms with E-state index in [4.69, 9.17) is 14.2 Å². The van der Waals surface area contributed by atoms with Gasteiger partial charge in [-0.1, -0.05) is 25.1 Å². The van der Waals surface area contributed by atoms with Crippen LogP contribution in [-0.4, -0.2) is 51.7 Å². The molecule has 230 valence electrons. The van der Waals surface area contributed by atoms with Gasteiger partial charge in [-0.15, -0.1) is 11.3 Å². The van der Waals surface area contributed by atoms with E-state index in [9.17, 15) is 8.42 Å². The topological polar surface area (TPSA) is 90.0 Å². The highest BCUT2D eigenvalue weighted by molar-refractivity contribution is 7.93. The number of hydrogen-bond acceptors (Lipinski definition) is 8. The van der Waals surface area contributed by atoms with Gasteiger partial charge in [0.25, 0.3) is 10.0 Å². The van der Waals surface area contributed by atoms with Gasteiger partial charge in [0.15, 0.2) is 23.1 Å². The third-order valence-electron chi connectivity index (χ3n) is 7.88. The van der Waals surface area contributed by atoms with Gasteiger partial charge in [0.1, 0.15) is 10.6 Å². The lowest BCUT2D eigenvalue weighted by atomic mass is 9.99. The lowest BCUT2D eigenvalue weighted by molar-refractivity contribution is 0.176. The van der Waals surface area contributed by atoms with E-state index in [1.54, 1.807) is 49.0 Å². The summed E-state index contributed by atoms with van der Waals surface area (Å²) < 4.78 is 62.3. The highest BCUT2D eigenvalue weighted by atomic mass is 32.2. The van der Waals surface area contributed by atoms with E-state index in [-0.39, 0.29) is 16.3 Å². The van der Waals surface area contributed by atoms with Gasteiger partial charge in [0, 0.05) is 45.7 Å². The Labute approximate surface area is 260 Å². The molecule has 5 aromatic rings. The van der Waals surface area contributed by atoms with Crippen molar-refractivity contribution in [3.8, 4) is 23.0 Å². The number of anilines is 1. The number of ether oxygens (including phenoxy) is 3. The molecule has 1 N–H and O–H groups in total. The second-order valence-electron chi connectivity index (χ2n) is 11.0. The molecule has 1 aliphatic heterocycles. The summed E-state index contributed by atoms with van der Waals surface area (Å²) in [6.45, 7) is 6.13. The molecule has 2 aromatic heterocycles. The first-order chi connectivity index (χ1) is 21.3. The van der Waals surface area contributed by atoms with Gasteiger partial charge in [-0.2, -0.15) is 0 Å². The number of benzene rings is 3. The molecule has 3 aromatic carbocycles. The smallest absolute Gasteiger partial charge is 0.263 e. The number of nitrogens with zero attached hydrogens (tertiary/aromatic N) is 2. The zero-order valence-electron chi connectivity index (χ0n) is 24.6. The monoisotopic (exact) mass is 635 g/mol. The van der Waals surface area contributed by atoms with Crippen LogP contribution >= 0.6 is 11.3 Å². The standard InChI is InChI=1S/C33H34FN3O5S2/c1-22-11-15-37(16-12-22)14-5-17-41-31-20-27-25(19-30(31)40-2)28(10-13-35-27)42-29-9-8-23(18-26(29)34)36-44(38,39)33-21-43-32-7-4-3-6-24(32)33/h3-4,6-10,13,18-22,36H,5,11-12,14-17H2,1-2H3. The zero-order chi connectivity index (χ0) is 30.7. The molecule has 0 radical (unpaired) electrons. The summed E-state index contributed by atoms with van der Waals surface area (Å²) in [5, 5.41) is 2.81. The summed E-state index contributed by atoms with van der Waals surface area (Å²) in [4.78, 5) is 7.09. The SMILES string of the molecule is COc1cc2c(Oc3ccc(NS(=O)(=O)c4csc5ccccc45)cc3F)ccnc2cc1OCCCN1CCC(C)CC1. The maximum atomic E-state index is 15.2. The summed E-state index contributed by atoms with van der Waals surface area (Å²) in [5.74, 6) is 1.50. The second-order valence-corrected chi connectivity index (χ2v) is 13.6. The Kier molecular flexibility index (Phi) is 8.88. The minimum absolute atomic E-state index is 0.0622. The Hall–Kier alpha value is -3.93. The number of aromatic nitrogens is 1. The number of likely N-dealkylation sites (tertiary alicyclic amines) is 1. The van der Waals surface area contributed by atoms with Crippen molar-refractivity contribution in [2.75, 3.05) is 38.1 Å². The number of nitrogens with one attached hydrogen (secondary N) is 1. The number of thiophene rings is 1. The summed E-state index contributed by atoms with van der Waals surface area (Å²) in [5.41, 5.74) is 0.694. The van der Waals surface area contributed by atoms with Gasteiger partial charge in [0.2, 0.25) is 0 Å². The van der Waals surface area contributed by atoms with E-state index < -0.39 is 15.8 Å². The molecule has 0 atom stereocenters. The Morgan fingerprint density at radius 3 is 2.61 bits per heavy atom. The van der Waals surface area contributed by atoms with Crippen LogP contribution in [0.4, 0.5) is 10.1 Å². The lowest BCUT2D eigenvalue weighted by Crippen LogP contribution is -2.34. The first-order valence-corrected chi connectivity index (χ1v) is 17.0. The molecular weight excluding hydrogens is 602 g/mol. The Bertz CT molecular complexity index is 1890. The van der Waals surface area contributed by atoms with Crippen molar-refractivity contribution >= 4 is 48.0 Å². The Balaban J connectivity index is 1.15. The maximum Gasteiger partial charge on any atom is 0.263 e. The van der Waals surface area contributed by atoms with Gasteiger partial charge < -0.3 is 19.1 Å². The lowest BCUT2D eigenvalue weighted by Gasteiger charge is -2.30. The number of fused-ring (bicyclic) bond motifs is 2. The van der Waals surface area contributed by atoms with Gasteiger partial charge in [-0.3, -0.25) is 9.71 Å². The van der Waals surface area contributed by atoms with Crippen LogP contribution in [0.5, 0.6) is 23.0 Å². The van der Waals surface area contributed by atoms with Crippen LogP contribution in [-0.2, 0) is 10.0 Å². The van der Waals surface area contributed by atoms with E-state index in [1.165, 1.54) is 36.3 Å². The van der Waals surface area contributed by atoms with Crippen molar-refractivity contribution in [2.24, 2.45) is 5.92 Å². The largest absolute Gasteiger partial charge is 0.493 e. The number of sulfonamides is 1. The third kappa shape index (κ3) is 6.59. The Morgan fingerprint density at radius 1 is 1.00 bits per heavy atom. The van der Waals surface area contributed by atoms with E-state index in [0.29, 0.717) is 40.1 Å². The first-order valence-electron chi connectivity index (χ1n) is 14.6. The molecule has 11 heteroatoms. The molecule has 0 amide bonds. The quantitative estimate of drug-likeness (QED) is 0.149. The average Bonchev–Trinajstić information content (AvgIpc) is 3.46. The van der Waals surface area contributed by atoms with Crippen LogP contribution in [0, 0.1) is 11.7 Å². The fourth-order valence-electron chi connectivity index (χ4n) is 5.38. The molecule has 1 fully saturated rings. The molecule has 44 heavy (non-hydrogen) atoms. The summed E-state index contributed by atoms with van der Waals surface area (Å²) in [6, 6.07) is 16.4. The average molecular weight is 636 g/mol. The predicted octanol–water partition coefficient (Wildman–Crippen LogP) is 7.69. The molecule has 0 unspecified atom stereocenters. The number of piperidine rings is 1. The van der Waals surface area contributed by atoms with Crippen LogP contribution in [0.1, 0.15) is 26.2 Å². The molecule has 0 bridgehead atoms. The number of halogens is 1. The normalized spacial score (nSPS) is 14.6. The van der Waals surface area contributed by atoms with Gasteiger partial charge in [-0.25, -0.2) is 12.8 Å². The zero-order valence-corrected chi connectivity index (χ0v) is 26.2. The van der Waals surface area contributed by atoms with Crippen molar-refractivity contribution in [1.29, 1.82) is 0 Å². The molecular formula is C33H34FN3O5S2. The maximum absolute atomic E-state index is 15.2. The second kappa shape index (κ2) is 13.0. The van der Waals surface area contributed by atoms with Gasteiger partial charge in [-0.05, 0) is 68.6 Å². The molecule has 0 aliphatic carbocycles.